The molecule has 1 heterocycles. The number of aliphatic hydroxyl groups is 1. The Morgan fingerprint density at radius 3 is 2.58 bits per heavy atom. The van der Waals surface area contributed by atoms with Gasteiger partial charge in [0, 0.05) is 6.08 Å². The third-order valence-electron chi connectivity index (χ3n) is 9.88. The predicted molar refractivity (Wildman–Crippen MR) is 100 cm³/mol. The fourth-order valence-corrected chi connectivity index (χ4v) is 8.45. The number of hydrogen-bond donors (Lipinski definition) is 1. The van der Waals surface area contributed by atoms with Crippen molar-refractivity contribution in [2.24, 2.45) is 34.5 Å². The predicted octanol–water partition coefficient (Wildman–Crippen LogP) is 4.63. The van der Waals surface area contributed by atoms with Crippen LogP contribution in [-0.2, 0) is 9.53 Å². The Hall–Kier alpha value is -0.830. The first-order chi connectivity index (χ1) is 12.4. The Kier molecular flexibility index (Phi) is 3.72. The van der Waals surface area contributed by atoms with E-state index in [-0.39, 0.29) is 11.4 Å². The van der Waals surface area contributed by atoms with Crippen molar-refractivity contribution in [2.75, 3.05) is 6.61 Å². The van der Waals surface area contributed by atoms with Crippen molar-refractivity contribution in [1.82, 2.24) is 0 Å². The molecule has 0 bridgehead atoms. The van der Waals surface area contributed by atoms with Gasteiger partial charge in [-0.05, 0) is 91.4 Å². The van der Waals surface area contributed by atoms with E-state index in [2.05, 4.69) is 13.8 Å². The highest BCUT2D eigenvalue weighted by Crippen LogP contribution is 2.69. The Balaban J connectivity index is 1.45. The molecule has 26 heavy (non-hydrogen) atoms. The summed E-state index contributed by atoms with van der Waals surface area (Å²) in [5, 5.41) is 11.5. The van der Waals surface area contributed by atoms with E-state index >= 15 is 0 Å². The zero-order chi connectivity index (χ0) is 18.2. The Morgan fingerprint density at radius 2 is 1.81 bits per heavy atom. The second-order valence-electron chi connectivity index (χ2n) is 10.6. The third-order valence-corrected chi connectivity index (χ3v) is 9.88. The normalized spacial score (nSPS) is 53.3. The summed E-state index contributed by atoms with van der Waals surface area (Å²) in [5.74, 6) is 2.60. The van der Waals surface area contributed by atoms with E-state index in [0.29, 0.717) is 23.9 Å². The van der Waals surface area contributed by atoms with Crippen molar-refractivity contribution in [2.45, 2.75) is 83.7 Å². The van der Waals surface area contributed by atoms with Crippen LogP contribution in [0.5, 0.6) is 0 Å². The first kappa shape index (κ1) is 17.3. The molecule has 3 heteroatoms. The molecule has 5 aliphatic rings. The maximum Gasteiger partial charge on any atom is 0.331 e. The van der Waals surface area contributed by atoms with Crippen molar-refractivity contribution in [3.05, 3.63) is 11.6 Å². The molecule has 5 rings (SSSR count). The number of carbonyl (C=O) groups excluding carboxylic acids is 1. The van der Waals surface area contributed by atoms with E-state index < -0.39 is 5.60 Å². The minimum absolute atomic E-state index is 0.124. The van der Waals surface area contributed by atoms with E-state index in [1.165, 1.54) is 56.9 Å². The van der Waals surface area contributed by atoms with Crippen LogP contribution < -0.4 is 0 Å². The standard InChI is InChI=1S/C23H34O3/c1-21-11-8-19-16(7-12-23(25)10-4-3-9-22(19,23)2)18(21)6-5-17(21)15-13-20(24)26-14-15/h13,16-19,25H,3-12,14H2,1-2H3/t16-,17+,18-,19-,21+,22+,23+/m0/s1. The van der Waals surface area contributed by atoms with Gasteiger partial charge in [-0.1, -0.05) is 26.7 Å². The van der Waals surface area contributed by atoms with E-state index in [1.54, 1.807) is 6.08 Å². The summed E-state index contributed by atoms with van der Waals surface area (Å²) in [6, 6.07) is 0. The third kappa shape index (κ3) is 2.13. The zero-order valence-electron chi connectivity index (χ0n) is 16.4. The number of esters is 1. The highest BCUT2D eigenvalue weighted by atomic mass is 16.5. The molecule has 0 radical (unpaired) electrons. The number of carbonyl (C=O) groups is 1. The van der Waals surface area contributed by atoms with Gasteiger partial charge in [0.1, 0.15) is 6.61 Å². The molecule has 0 amide bonds. The van der Waals surface area contributed by atoms with Crippen LogP contribution in [0.2, 0.25) is 0 Å². The van der Waals surface area contributed by atoms with Crippen molar-refractivity contribution >= 4 is 5.97 Å². The Morgan fingerprint density at radius 1 is 1.00 bits per heavy atom. The van der Waals surface area contributed by atoms with Crippen LogP contribution in [0.25, 0.3) is 0 Å². The maximum absolute atomic E-state index is 11.6. The summed E-state index contributed by atoms with van der Waals surface area (Å²) in [6.07, 6.45) is 13.7. The lowest BCUT2D eigenvalue weighted by atomic mass is 9.43. The van der Waals surface area contributed by atoms with E-state index in [1.807, 2.05) is 0 Å². The molecule has 0 unspecified atom stereocenters. The second kappa shape index (κ2) is 5.59. The molecule has 4 saturated carbocycles. The fraction of sp³-hybridized carbons (Fsp3) is 0.870. The van der Waals surface area contributed by atoms with Crippen LogP contribution in [0, 0.1) is 34.5 Å². The lowest BCUT2D eigenvalue weighted by molar-refractivity contribution is -0.203. The molecule has 4 aliphatic carbocycles. The summed E-state index contributed by atoms with van der Waals surface area (Å²) in [7, 11) is 0. The van der Waals surface area contributed by atoms with E-state index in [9.17, 15) is 9.90 Å². The van der Waals surface area contributed by atoms with E-state index in [0.717, 1.165) is 24.7 Å². The molecule has 0 saturated heterocycles. The van der Waals surface area contributed by atoms with Crippen LogP contribution in [0.15, 0.2) is 11.6 Å². The first-order valence-corrected chi connectivity index (χ1v) is 11.0. The second-order valence-corrected chi connectivity index (χ2v) is 10.6. The number of fused-ring (bicyclic) bond motifs is 5. The maximum atomic E-state index is 11.6. The lowest BCUT2D eigenvalue weighted by Crippen LogP contribution is -2.61. The lowest BCUT2D eigenvalue weighted by Gasteiger charge is -2.63. The topological polar surface area (TPSA) is 46.5 Å². The van der Waals surface area contributed by atoms with E-state index in [4.69, 9.17) is 4.74 Å². The molecule has 0 aromatic heterocycles. The number of hydrogen-bond acceptors (Lipinski definition) is 3. The number of ether oxygens (including phenoxy) is 1. The molecule has 144 valence electrons. The van der Waals surface area contributed by atoms with Gasteiger partial charge in [-0.25, -0.2) is 4.79 Å². The summed E-state index contributed by atoms with van der Waals surface area (Å²) in [6.45, 7) is 5.45. The summed E-state index contributed by atoms with van der Waals surface area (Å²) >= 11 is 0. The van der Waals surface area contributed by atoms with Gasteiger partial charge in [0.15, 0.2) is 0 Å². The van der Waals surface area contributed by atoms with Crippen LogP contribution in [-0.4, -0.2) is 23.3 Å². The van der Waals surface area contributed by atoms with Gasteiger partial charge in [0.25, 0.3) is 0 Å². The van der Waals surface area contributed by atoms with Gasteiger partial charge in [-0.3, -0.25) is 0 Å². The SMILES string of the molecule is C[C@]12CC[C@H]3[C@@H](CC[C@]4(O)CCCC[C@]34C)[C@@H]1CC[C@@H]2C1=CC(=O)OC1. The van der Waals surface area contributed by atoms with Gasteiger partial charge >= 0.3 is 5.97 Å². The molecule has 0 aromatic carbocycles. The van der Waals surface area contributed by atoms with Crippen molar-refractivity contribution in [3.8, 4) is 0 Å². The van der Waals surface area contributed by atoms with Crippen molar-refractivity contribution in [3.63, 3.8) is 0 Å². The molecular weight excluding hydrogens is 324 g/mol. The van der Waals surface area contributed by atoms with Crippen molar-refractivity contribution in [1.29, 1.82) is 0 Å². The van der Waals surface area contributed by atoms with Gasteiger partial charge in [0.2, 0.25) is 0 Å². The van der Waals surface area contributed by atoms with Crippen LogP contribution >= 0.6 is 0 Å². The molecule has 1 N–H and O–H groups in total. The summed E-state index contributed by atoms with van der Waals surface area (Å²) in [4.78, 5) is 11.6. The Bertz CT molecular complexity index is 654. The summed E-state index contributed by atoms with van der Waals surface area (Å²) in [5.41, 5.74) is 1.29. The average molecular weight is 359 g/mol. The van der Waals surface area contributed by atoms with Crippen LogP contribution in [0.1, 0.15) is 78.1 Å². The minimum Gasteiger partial charge on any atom is -0.458 e. The molecule has 0 aromatic rings. The zero-order valence-corrected chi connectivity index (χ0v) is 16.4. The number of cyclic esters (lactones) is 1. The summed E-state index contributed by atoms with van der Waals surface area (Å²) < 4.78 is 5.24. The number of rotatable bonds is 1. The molecule has 1 aliphatic heterocycles. The highest BCUT2D eigenvalue weighted by Gasteiger charge is 2.63. The molecule has 3 nitrogen and oxygen atoms in total. The van der Waals surface area contributed by atoms with Gasteiger partial charge < -0.3 is 9.84 Å². The fourth-order valence-electron chi connectivity index (χ4n) is 8.45. The first-order valence-electron chi connectivity index (χ1n) is 11.0. The van der Waals surface area contributed by atoms with Crippen LogP contribution in [0.4, 0.5) is 0 Å². The Labute approximate surface area is 157 Å². The minimum atomic E-state index is -0.410. The average Bonchev–Trinajstić information content (AvgIpc) is 3.18. The molecule has 0 spiro atoms. The van der Waals surface area contributed by atoms with Gasteiger partial charge in [-0.2, -0.15) is 0 Å². The molecule has 7 atom stereocenters. The monoisotopic (exact) mass is 358 g/mol. The smallest absolute Gasteiger partial charge is 0.331 e. The highest BCUT2D eigenvalue weighted by molar-refractivity contribution is 5.85. The van der Waals surface area contributed by atoms with Crippen molar-refractivity contribution < 1.29 is 14.6 Å². The van der Waals surface area contributed by atoms with Crippen LogP contribution in [0.3, 0.4) is 0 Å². The molecule has 4 fully saturated rings. The van der Waals surface area contributed by atoms with Gasteiger partial charge in [-0.15, -0.1) is 0 Å². The molecular formula is C23H34O3. The quantitative estimate of drug-likeness (QED) is 0.695. The van der Waals surface area contributed by atoms with Gasteiger partial charge in [0.05, 0.1) is 5.60 Å². The largest absolute Gasteiger partial charge is 0.458 e.